The third-order valence-corrected chi connectivity index (χ3v) is 2.27. The van der Waals surface area contributed by atoms with Crippen molar-refractivity contribution in [3.63, 3.8) is 0 Å². The molecule has 0 fully saturated rings. The topological polar surface area (TPSA) is 17.8 Å². The van der Waals surface area contributed by atoms with Gasteiger partial charge < -0.3 is 0 Å². The van der Waals surface area contributed by atoms with Crippen LogP contribution in [0.3, 0.4) is 0 Å². The Labute approximate surface area is 73.1 Å². The molecule has 12 heavy (non-hydrogen) atoms. The Bertz CT molecular complexity index is 308. The SMILES string of the molecule is FC1(F)Cc2c(CCl)cnn2C1. The summed E-state index contributed by atoms with van der Waals surface area (Å²) < 4.78 is 26.9. The van der Waals surface area contributed by atoms with Gasteiger partial charge in [-0.2, -0.15) is 5.10 Å². The molecule has 0 aliphatic carbocycles. The molecule has 0 saturated carbocycles. The lowest BCUT2D eigenvalue weighted by Gasteiger charge is -2.04. The minimum atomic E-state index is -2.63. The number of aromatic nitrogens is 2. The monoisotopic (exact) mass is 192 g/mol. The molecule has 1 aromatic rings. The number of hydrogen-bond acceptors (Lipinski definition) is 1. The molecule has 0 spiro atoms. The van der Waals surface area contributed by atoms with Crippen molar-refractivity contribution in [2.45, 2.75) is 24.8 Å². The highest BCUT2D eigenvalue weighted by molar-refractivity contribution is 6.17. The van der Waals surface area contributed by atoms with E-state index in [4.69, 9.17) is 11.6 Å². The van der Waals surface area contributed by atoms with Gasteiger partial charge in [-0.1, -0.05) is 0 Å². The second-order valence-electron chi connectivity index (χ2n) is 2.94. The van der Waals surface area contributed by atoms with E-state index in [9.17, 15) is 8.78 Å². The molecule has 0 saturated heterocycles. The van der Waals surface area contributed by atoms with E-state index in [2.05, 4.69) is 5.10 Å². The Kier molecular flexibility index (Phi) is 1.61. The minimum absolute atomic E-state index is 0.227. The Morgan fingerprint density at radius 1 is 1.67 bits per heavy atom. The Morgan fingerprint density at radius 3 is 3.08 bits per heavy atom. The van der Waals surface area contributed by atoms with Crippen molar-refractivity contribution >= 4 is 11.6 Å². The summed E-state index contributed by atoms with van der Waals surface area (Å²) >= 11 is 5.55. The van der Waals surface area contributed by atoms with Gasteiger partial charge in [0.2, 0.25) is 0 Å². The normalized spacial score (nSPS) is 19.6. The zero-order valence-electron chi connectivity index (χ0n) is 6.23. The Hall–Kier alpha value is -0.640. The molecule has 0 N–H and O–H groups in total. The predicted octanol–water partition coefficient (Wildman–Crippen LogP) is 1.81. The second-order valence-corrected chi connectivity index (χ2v) is 3.21. The van der Waals surface area contributed by atoms with Crippen molar-refractivity contribution in [2.24, 2.45) is 0 Å². The van der Waals surface area contributed by atoms with Gasteiger partial charge in [0.15, 0.2) is 0 Å². The molecule has 0 unspecified atom stereocenters. The van der Waals surface area contributed by atoms with Gasteiger partial charge in [-0.05, 0) is 0 Å². The smallest absolute Gasteiger partial charge is 0.263 e. The zero-order valence-corrected chi connectivity index (χ0v) is 6.98. The van der Waals surface area contributed by atoms with Crippen molar-refractivity contribution in [1.82, 2.24) is 9.78 Å². The van der Waals surface area contributed by atoms with Crippen LogP contribution >= 0.6 is 11.6 Å². The first kappa shape index (κ1) is 7.98. The maximum absolute atomic E-state index is 12.8. The summed E-state index contributed by atoms with van der Waals surface area (Å²) in [5.74, 6) is -2.38. The van der Waals surface area contributed by atoms with Crippen LogP contribution in [0.1, 0.15) is 11.3 Å². The average molecular weight is 193 g/mol. The third kappa shape index (κ3) is 1.10. The Balaban J connectivity index is 2.37. The molecular formula is C7H7ClF2N2. The molecule has 0 amide bonds. The van der Waals surface area contributed by atoms with Crippen LogP contribution in [0.25, 0.3) is 0 Å². The fourth-order valence-electron chi connectivity index (χ4n) is 1.42. The Morgan fingerprint density at radius 2 is 2.42 bits per heavy atom. The van der Waals surface area contributed by atoms with Gasteiger partial charge in [0.05, 0.1) is 18.5 Å². The number of hydrogen-bond donors (Lipinski definition) is 0. The first-order valence-electron chi connectivity index (χ1n) is 3.60. The molecule has 1 aromatic heterocycles. The molecule has 0 aromatic carbocycles. The van der Waals surface area contributed by atoms with Crippen molar-refractivity contribution in [1.29, 1.82) is 0 Å². The van der Waals surface area contributed by atoms with Crippen LogP contribution in [0.4, 0.5) is 8.78 Å². The van der Waals surface area contributed by atoms with E-state index in [-0.39, 0.29) is 18.8 Å². The molecule has 2 rings (SSSR count). The van der Waals surface area contributed by atoms with Gasteiger partial charge in [0.25, 0.3) is 5.92 Å². The van der Waals surface area contributed by atoms with Crippen LogP contribution in [0.5, 0.6) is 0 Å². The van der Waals surface area contributed by atoms with Crippen LogP contribution in [0, 0.1) is 0 Å². The highest BCUT2D eigenvalue weighted by Gasteiger charge is 2.39. The van der Waals surface area contributed by atoms with Crippen LogP contribution < -0.4 is 0 Å². The third-order valence-electron chi connectivity index (χ3n) is 1.99. The average Bonchev–Trinajstić information content (AvgIpc) is 2.42. The molecule has 1 aliphatic rings. The fraction of sp³-hybridized carbons (Fsp3) is 0.571. The van der Waals surface area contributed by atoms with Crippen LogP contribution in [-0.2, 0) is 18.8 Å². The summed E-state index contributed by atoms with van der Waals surface area (Å²) in [5.41, 5.74) is 1.30. The molecule has 1 aliphatic heterocycles. The van der Waals surface area contributed by atoms with Crippen LogP contribution in [0.15, 0.2) is 6.20 Å². The molecule has 66 valence electrons. The highest BCUT2D eigenvalue weighted by atomic mass is 35.5. The van der Waals surface area contributed by atoms with Gasteiger partial charge >= 0.3 is 0 Å². The van der Waals surface area contributed by atoms with Crippen LogP contribution in [0.2, 0.25) is 0 Å². The molecule has 2 heterocycles. The number of rotatable bonds is 1. The number of alkyl halides is 3. The minimum Gasteiger partial charge on any atom is -0.263 e. The summed E-state index contributed by atoms with van der Waals surface area (Å²) in [6.07, 6.45) is 1.33. The van der Waals surface area contributed by atoms with E-state index < -0.39 is 5.92 Å². The van der Waals surface area contributed by atoms with Crippen molar-refractivity contribution < 1.29 is 8.78 Å². The molecule has 0 atom stereocenters. The first-order chi connectivity index (χ1) is 5.62. The second kappa shape index (κ2) is 2.42. The van der Waals surface area contributed by atoms with Crippen molar-refractivity contribution in [2.75, 3.05) is 0 Å². The lowest BCUT2D eigenvalue weighted by molar-refractivity contribution is 0.000908. The number of nitrogens with zero attached hydrogens (tertiary/aromatic N) is 2. The van der Waals surface area contributed by atoms with Crippen LogP contribution in [-0.4, -0.2) is 15.7 Å². The highest BCUT2D eigenvalue weighted by Crippen LogP contribution is 2.31. The van der Waals surface area contributed by atoms with Gasteiger partial charge in [0, 0.05) is 11.3 Å². The fourth-order valence-corrected chi connectivity index (χ4v) is 1.65. The molecule has 0 radical (unpaired) electrons. The molecule has 2 nitrogen and oxygen atoms in total. The predicted molar refractivity (Wildman–Crippen MR) is 40.4 cm³/mol. The number of halogens is 3. The number of fused-ring (bicyclic) bond motifs is 1. The zero-order chi connectivity index (χ0) is 8.77. The van der Waals surface area contributed by atoms with E-state index >= 15 is 0 Å². The quantitative estimate of drug-likeness (QED) is 0.621. The lowest BCUT2D eigenvalue weighted by atomic mass is 10.2. The standard InChI is InChI=1S/C7H7ClF2N2/c8-2-5-3-11-12-4-7(9,10)1-6(5)12/h3H,1-2,4H2. The van der Waals surface area contributed by atoms with Gasteiger partial charge in [0.1, 0.15) is 6.54 Å². The summed E-state index contributed by atoms with van der Waals surface area (Å²) in [6.45, 7) is -0.306. The first-order valence-corrected chi connectivity index (χ1v) is 4.13. The largest absolute Gasteiger partial charge is 0.272 e. The lowest BCUT2D eigenvalue weighted by Crippen LogP contribution is -2.17. The summed E-state index contributed by atoms with van der Waals surface area (Å²) in [7, 11) is 0. The van der Waals surface area contributed by atoms with E-state index in [0.29, 0.717) is 11.3 Å². The maximum Gasteiger partial charge on any atom is 0.272 e. The van der Waals surface area contributed by atoms with Crippen molar-refractivity contribution in [3.8, 4) is 0 Å². The maximum atomic E-state index is 12.8. The van der Waals surface area contributed by atoms with Gasteiger partial charge in [-0.3, -0.25) is 4.68 Å². The summed E-state index contributed by atoms with van der Waals surface area (Å²) in [6, 6.07) is 0. The van der Waals surface area contributed by atoms with Crippen molar-refractivity contribution in [3.05, 3.63) is 17.5 Å². The summed E-state index contributed by atoms with van der Waals surface area (Å²) in [5, 5.41) is 3.82. The van der Waals surface area contributed by atoms with E-state index in [1.165, 1.54) is 4.68 Å². The van der Waals surface area contributed by atoms with E-state index in [1.807, 2.05) is 0 Å². The molecule has 0 bridgehead atoms. The molecular weight excluding hydrogens is 186 g/mol. The van der Waals surface area contributed by atoms with Gasteiger partial charge in [-0.25, -0.2) is 8.78 Å². The van der Waals surface area contributed by atoms with E-state index in [1.54, 1.807) is 6.20 Å². The summed E-state index contributed by atoms with van der Waals surface area (Å²) in [4.78, 5) is 0. The van der Waals surface area contributed by atoms with E-state index in [0.717, 1.165) is 0 Å². The molecule has 5 heteroatoms. The van der Waals surface area contributed by atoms with Gasteiger partial charge in [-0.15, -0.1) is 11.6 Å².